The van der Waals surface area contributed by atoms with Crippen molar-refractivity contribution in [3.63, 3.8) is 0 Å². The van der Waals surface area contributed by atoms with Crippen molar-refractivity contribution in [3.8, 4) is 5.75 Å². The number of esters is 1. The normalized spacial score (nSPS) is 10.9. The summed E-state index contributed by atoms with van der Waals surface area (Å²) in [5, 5.41) is 1.26. The summed E-state index contributed by atoms with van der Waals surface area (Å²) < 4.78 is 24.7. The third-order valence-electron chi connectivity index (χ3n) is 5.37. The number of carbonyl (C=O) groups is 1. The van der Waals surface area contributed by atoms with Crippen LogP contribution in [0.5, 0.6) is 5.75 Å². The molecule has 0 aliphatic carbocycles. The number of halogens is 1. The van der Waals surface area contributed by atoms with Gasteiger partial charge in [-0.3, -0.25) is 0 Å². The quantitative estimate of drug-likeness (QED) is 0.228. The molecule has 0 saturated heterocycles. The van der Waals surface area contributed by atoms with Gasteiger partial charge in [0, 0.05) is 11.1 Å². The van der Waals surface area contributed by atoms with Crippen LogP contribution in [0.15, 0.2) is 71.8 Å². The van der Waals surface area contributed by atoms with Crippen LogP contribution in [0.2, 0.25) is 0 Å². The van der Waals surface area contributed by atoms with Gasteiger partial charge in [-0.1, -0.05) is 48.0 Å². The molecule has 0 spiro atoms. The van der Waals surface area contributed by atoms with Gasteiger partial charge in [0.2, 0.25) is 0 Å². The molecule has 1 heterocycles. The van der Waals surface area contributed by atoms with E-state index in [1.54, 1.807) is 12.1 Å². The van der Waals surface area contributed by atoms with Crippen LogP contribution in [0.25, 0.3) is 10.9 Å². The Morgan fingerprint density at radius 2 is 1.79 bits per heavy atom. The van der Waals surface area contributed by atoms with E-state index in [9.17, 15) is 9.18 Å². The fourth-order valence-electron chi connectivity index (χ4n) is 3.53. The number of aryl methyl sites for hydroxylation is 2. The van der Waals surface area contributed by atoms with Crippen molar-refractivity contribution in [2.24, 2.45) is 0 Å². The standard InChI is InChI=1S/C27H24FNO3S/c1-17-8-9-18(2)20(14-17)15-32-25-22-6-4-5-7-23(22)29-26(24(25)27(30)31-3)33-16-19-10-12-21(28)13-11-19/h4-14H,15-16H2,1-3H3. The molecule has 0 aliphatic rings. The summed E-state index contributed by atoms with van der Waals surface area (Å²) in [6.07, 6.45) is 0. The number of para-hydroxylation sites is 1. The zero-order valence-corrected chi connectivity index (χ0v) is 19.5. The van der Waals surface area contributed by atoms with Gasteiger partial charge in [0.25, 0.3) is 0 Å². The van der Waals surface area contributed by atoms with Gasteiger partial charge in [0.15, 0.2) is 0 Å². The monoisotopic (exact) mass is 461 g/mol. The molecule has 0 amide bonds. The minimum absolute atomic E-state index is 0.287. The van der Waals surface area contributed by atoms with E-state index in [-0.39, 0.29) is 5.82 Å². The Hall–Kier alpha value is -3.38. The molecule has 0 radical (unpaired) electrons. The number of pyridine rings is 1. The second kappa shape index (κ2) is 10.0. The van der Waals surface area contributed by atoms with Crippen LogP contribution in [0.1, 0.15) is 32.6 Å². The van der Waals surface area contributed by atoms with E-state index in [2.05, 4.69) is 18.2 Å². The third kappa shape index (κ3) is 5.17. The zero-order chi connectivity index (χ0) is 23.4. The van der Waals surface area contributed by atoms with Crippen LogP contribution in [0.3, 0.4) is 0 Å². The average Bonchev–Trinajstić information content (AvgIpc) is 2.83. The maximum Gasteiger partial charge on any atom is 0.344 e. The fourth-order valence-corrected chi connectivity index (χ4v) is 4.51. The summed E-state index contributed by atoms with van der Waals surface area (Å²) in [6.45, 7) is 4.39. The molecule has 0 aliphatic heterocycles. The minimum Gasteiger partial charge on any atom is -0.487 e. The van der Waals surface area contributed by atoms with Gasteiger partial charge in [-0.05, 0) is 54.8 Å². The second-order valence-corrected chi connectivity index (χ2v) is 8.73. The summed E-state index contributed by atoms with van der Waals surface area (Å²) in [5.74, 6) is 0.178. The maximum absolute atomic E-state index is 13.3. The molecule has 33 heavy (non-hydrogen) atoms. The number of hydrogen-bond donors (Lipinski definition) is 0. The number of hydrogen-bond acceptors (Lipinski definition) is 5. The number of thioether (sulfide) groups is 1. The molecule has 0 unspecified atom stereocenters. The van der Waals surface area contributed by atoms with Crippen molar-refractivity contribution in [3.05, 3.63) is 100 Å². The van der Waals surface area contributed by atoms with E-state index < -0.39 is 5.97 Å². The first-order valence-electron chi connectivity index (χ1n) is 10.5. The molecular formula is C27H24FNO3S. The van der Waals surface area contributed by atoms with E-state index in [1.807, 2.05) is 38.1 Å². The SMILES string of the molecule is COC(=O)c1c(SCc2ccc(F)cc2)nc2ccccc2c1OCc1cc(C)ccc1C. The Bertz CT molecular complexity index is 1310. The van der Waals surface area contributed by atoms with Crippen LogP contribution < -0.4 is 4.74 Å². The Balaban J connectivity index is 1.76. The molecule has 4 aromatic rings. The van der Waals surface area contributed by atoms with Crippen LogP contribution in [-0.2, 0) is 17.1 Å². The van der Waals surface area contributed by atoms with E-state index in [1.165, 1.54) is 31.0 Å². The second-order valence-electron chi connectivity index (χ2n) is 7.76. The topological polar surface area (TPSA) is 48.4 Å². The lowest BCUT2D eigenvalue weighted by Crippen LogP contribution is -2.10. The molecule has 0 N–H and O–H groups in total. The number of rotatable bonds is 7. The van der Waals surface area contributed by atoms with Crippen molar-refractivity contribution in [2.45, 2.75) is 31.2 Å². The molecule has 4 nitrogen and oxygen atoms in total. The lowest BCUT2D eigenvalue weighted by Gasteiger charge is -2.17. The van der Waals surface area contributed by atoms with E-state index in [0.717, 1.165) is 33.2 Å². The zero-order valence-electron chi connectivity index (χ0n) is 18.7. The summed E-state index contributed by atoms with van der Waals surface area (Å²) in [7, 11) is 1.35. The van der Waals surface area contributed by atoms with Crippen molar-refractivity contribution in [1.82, 2.24) is 4.98 Å². The third-order valence-corrected chi connectivity index (χ3v) is 6.41. The van der Waals surface area contributed by atoms with Gasteiger partial charge in [0.1, 0.15) is 28.8 Å². The number of benzene rings is 3. The van der Waals surface area contributed by atoms with Gasteiger partial charge >= 0.3 is 5.97 Å². The highest BCUT2D eigenvalue weighted by Gasteiger charge is 2.24. The van der Waals surface area contributed by atoms with Crippen molar-refractivity contribution in [1.29, 1.82) is 0 Å². The molecule has 0 atom stereocenters. The highest BCUT2D eigenvalue weighted by atomic mass is 32.2. The van der Waals surface area contributed by atoms with Crippen LogP contribution >= 0.6 is 11.8 Å². The maximum atomic E-state index is 13.3. The molecule has 0 fully saturated rings. The highest BCUT2D eigenvalue weighted by Crippen LogP contribution is 2.37. The summed E-state index contributed by atoms with van der Waals surface area (Å²) in [5.41, 5.74) is 5.25. The van der Waals surface area contributed by atoms with Crippen LogP contribution in [0, 0.1) is 19.7 Å². The molecular weight excluding hydrogens is 437 g/mol. The first kappa shape index (κ1) is 22.8. The predicted octanol–water partition coefficient (Wildman–Crippen LogP) is 6.65. The van der Waals surface area contributed by atoms with Gasteiger partial charge in [0.05, 0.1) is 12.6 Å². The number of ether oxygens (including phenoxy) is 2. The van der Waals surface area contributed by atoms with Crippen molar-refractivity contribution >= 4 is 28.6 Å². The van der Waals surface area contributed by atoms with Gasteiger partial charge in [-0.25, -0.2) is 14.2 Å². The number of carbonyl (C=O) groups excluding carboxylic acids is 1. The number of fused-ring (bicyclic) bond motifs is 1. The first-order chi connectivity index (χ1) is 16.0. The van der Waals surface area contributed by atoms with Crippen molar-refractivity contribution < 1.29 is 18.7 Å². The lowest BCUT2D eigenvalue weighted by atomic mass is 10.1. The molecule has 6 heteroatoms. The summed E-state index contributed by atoms with van der Waals surface area (Å²) in [4.78, 5) is 17.6. The van der Waals surface area contributed by atoms with Gasteiger partial charge in [-0.2, -0.15) is 0 Å². The molecule has 0 saturated carbocycles. The van der Waals surface area contributed by atoms with Crippen molar-refractivity contribution in [2.75, 3.05) is 7.11 Å². The van der Waals surface area contributed by atoms with Gasteiger partial charge in [-0.15, -0.1) is 11.8 Å². The number of methoxy groups -OCH3 is 1. The van der Waals surface area contributed by atoms with Crippen LogP contribution in [-0.4, -0.2) is 18.1 Å². The largest absolute Gasteiger partial charge is 0.487 e. The van der Waals surface area contributed by atoms with Crippen LogP contribution in [0.4, 0.5) is 4.39 Å². The highest BCUT2D eigenvalue weighted by molar-refractivity contribution is 7.98. The first-order valence-corrected chi connectivity index (χ1v) is 11.5. The molecule has 0 bridgehead atoms. The minimum atomic E-state index is -0.508. The van der Waals surface area contributed by atoms with E-state index >= 15 is 0 Å². The molecule has 3 aromatic carbocycles. The average molecular weight is 462 g/mol. The Kier molecular flexibility index (Phi) is 6.94. The molecule has 168 valence electrons. The Morgan fingerprint density at radius 1 is 1.03 bits per heavy atom. The fraction of sp³-hybridized carbons (Fsp3) is 0.185. The predicted molar refractivity (Wildman–Crippen MR) is 129 cm³/mol. The van der Waals surface area contributed by atoms with E-state index in [4.69, 9.17) is 14.5 Å². The Labute approximate surface area is 196 Å². The smallest absolute Gasteiger partial charge is 0.344 e. The Morgan fingerprint density at radius 3 is 2.55 bits per heavy atom. The number of aromatic nitrogens is 1. The molecule has 4 rings (SSSR count). The number of nitrogens with zero attached hydrogens (tertiary/aromatic N) is 1. The van der Waals surface area contributed by atoms with E-state index in [0.29, 0.717) is 28.7 Å². The molecule has 1 aromatic heterocycles. The summed E-state index contributed by atoms with van der Waals surface area (Å²) >= 11 is 1.39. The summed E-state index contributed by atoms with van der Waals surface area (Å²) in [6, 6.07) is 20.1. The lowest BCUT2D eigenvalue weighted by molar-refractivity contribution is 0.0590. The van der Waals surface area contributed by atoms with Gasteiger partial charge < -0.3 is 9.47 Å².